The number of ether oxygens (including phenoxy) is 5. The van der Waals surface area contributed by atoms with Crippen LogP contribution in [0.1, 0.15) is 26.3 Å². The summed E-state index contributed by atoms with van der Waals surface area (Å²) < 4.78 is 34.1. The average Bonchev–Trinajstić information content (AvgIpc) is 3.32. The largest absolute Gasteiger partial charge is 0.487 e. The molecule has 216 valence electrons. The standard InChI is InChI=1S/C26H34O13/c1-10-18(28)20(30)22(32)24(35-10)34-9-15-19(29)21(31)23(33)25(38-15)39-26(2,3)16-7-12-6-11-4-5-17(27)37-13(11)8-14(12)36-16/h4-6,8,10,15-16,18-25,28-33H,7,9H2,1-3H3/t10-,15+,16-,18-,19+,20+,21-,22+,23+,24+,25-/m0/s1. The van der Waals surface area contributed by atoms with Crippen molar-refractivity contribution in [1.29, 1.82) is 0 Å². The SMILES string of the molecule is C[C@@H]1O[C@@H](OC[C@H]2O[C@@H](OC(C)(C)[C@@H]3Cc4cc5ccc(=O)oc5cc4O3)[C@H](O)[C@@H](O)[C@@H]2O)[C@H](O)[C@H](O)[C@H]1O. The molecule has 0 unspecified atom stereocenters. The second kappa shape index (κ2) is 10.7. The van der Waals surface area contributed by atoms with E-state index in [1.807, 2.05) is 6.07 Å². The number of fused-ring (bicyclic) bond motifs is 2. The molecule has 0 saturated carbocycles. The molecule has 1 aromatic carbocycles. The minimum absolute atomic E-state index is 0.384. The normalized spacial score (nSPS) is 38.9. The molecule has 0 spiro atoms. The van der Waals surface area contributed by atoms with Gasteiger partial charge in [0.2, 0.25) is 0 Å². The van der Waals surface area contributed by atoms with E-state index in [1.54, 1.807) is 26.0 Å². The molecular formula is C26H34O13. The van der Waals surface area contributed by atoms with Gasteiger partial charge in [0, 0.05) is 23.9 Å². The van der Waals surface area contributed by atoms with E-state index in [0.29, 0.717) is 17.8 Å². The molecule has 0 radical (unpaired) electrons. The fourth-order valence-corrected chi connectivity index (χ4v) is 5.06. The van der Waals surface area contributed by atoms with Gasteiger partial charge in [0.1, 0.15) is 65.8 Å². The summed E-state index contributed by atoms with van der Waals surface area (Å²) in [5, 5.41) is 62.4. The Hall–Kier alpha value is -2.17. The van der Waals surface area contributed by atoms with Crippen molar-refractivity contribution in [2.45, 2.75) is 100 Å². The molecule has 6 N–H and O–H groups in total. The predicted molar refractivity (Wildman–Crippen MR) is 131 cm³/mol. The van der Waals surface area contributed by atoms with Crippen molar-refractivity contribution < 1.29 is 58.7 Å². The van der Waals surface area contributed by atoms with E-state index in [1.165, 1.54) is 13.0 Å². The van der Waals surface area contributed by atoms with E-state index in [0.717, 1.165) is 10.9 Å². The van der Waals surface area contributed by atoms with Crippen LogP contribution in [0.4, 0.5) is 0 Å². The van der Waals surface area contributed by atoms with Gasteiger partial charge in [0.05, 0.1) is 12.7 Å². The van der Waals surface area contributed by atoms with E-state index in [9.17, 15) is 35.4 Å². The molecule has 0 bridgehead atoms. The number of rotatable bonds is 6. The average molecular weight is 555 g/mol. The molecular weight excluding hydrogens is 520 g/mol. The third-order valence-electron chi connectivity index (χ3n) is 7.57. The lowest BCUT2D eigenvalue weighted by Crippen LogP contribution is -2.62. The first-order valence-corrected chi connectivity index (χ1v) is 12.8. The van der Waals surface area contributed by atoms with Gasteiger partial charge < -0.3 is 58.7 Å². The molecule has 39 heavy (non-hydrogen) atoms. The second-order valence-electron chi connectivity index (χ2n) is 10.8. The van der Waals surface area contributed by atoms with E-state index in [-0.39, 0.29) is 0 Å². The molecule has 0 aliphatic carbocycles. The van der Waals surface area contributed by atoms with Gasteiger partial charge in [-0.3, -0.25) is 0 Å². The van der Waals surface area contributed by atoms with Crippen LogP contribution in [0.3, 0.4) is 0 Å². The summed E-state index contributed by atoms with van der Waals surface area (Å²) >= 11 is 0. The molecule has 3 aliphatic rings. The van der Waals surface area contributed by atoms with Gasteiger partial charge in [-0.1, -0.05) is 0 Å². The molecule has 2 fully saturated rings. The highest BCUT2D eigenvalue weighted by atomic mass is 16.7. The maximum atomic E-state index is 11.6. The Morgan fingerprint density at radius 3 is 2.33 bits per heavy atom. The van der Waals surface area contributed by atoms with Crippen LogP contribution in [0, 0.1) is 0 Å². The summed E-state index contributed by atoms with van der Waals surface area (Å²) in [4.78, 5) is 11.6. The highest BCUT2D eigenvalue weighted by Gasteiger charge is 2.49. The number of benzene rings is 1. The minimum atomic E-state index is -1.65. The fraction of sp³-hybridized carbons (Fsp3) is 0.654. The Balaban J connectivity index is 1.25. The minimum Gasteiger partial charge on any atom is -0.487 e. The third kappa shape index (κ3) is 5.44. The highest BCUT2D eigenvalue weighted by Crippen LogP contribution is 2.38. The number of hydrogen-bond donors (Lipinski definition) is 6. The molecule has 4 heterocycles. The summed E-state index contributed by atoms with van der Waals surface area (Å²) in [6.45, 7) is 4.55. The number of aliphatic hydroxyl groups excluding tert-OH is 6. The molecule has 0 amide bonds. The molecule has 5 rings (SSSR count). The summed E-state index contributed by atoms with van der Waals surface area (Å²) in [6.07, 6.45) is -14.1. The maximum absolute atomic E-state index is 11.6. The van der Waals surface area contributed by atoms with Crippen molar-refractivity contribution in [3.63, 3.8) is 0 Å². The first kappa shape index (κ1) is 28.4. The van der Waals surface area contributed by atoms with Crippen LogP contribution in [-0.2, 0) is 25.4 Å². The smallest absolute Gasteiger partial charge is 0.336 e. The van der Waals surface area contributed by atoms with Gasteiger partial charge >= 0.3 is 5.63 Å². The summed E-state index contributed by atoms with van der Waals surface area (Å²) in [5.41, 5.74) is -0.285. The molecule has 3 aliphatic heterocycles. The van der Waals surface area contributed by atoms with Gasteiger partial charge in [-0.2, -0.15) is 0 Å². The van der Waals surface area contributed by atoms with Crippen LogP contribution in [-0.4, -0.2) is 110 Å². The van der Waals surface area contributed by atoms with E-state index < -0.39 is 85.3 Å². The van der Waals surface area contributed by atoms with Crippen LogP contribution >= 0.6 is 0 Å². The van der Waals surface area contributed by atoms with E-state index >= 15 is 0 Å². The second-order valence-corrected chi connectivity index (χ2v) is 10.8. The summed E-state index contributed by atoms with van der Waals surface area (Å²) in [6, 6.07) is 6.50. The lowest BCUT2D eigenvalue weighted by molar-refractivity contribution is -0.344. The van der Waals surface area contributed by atoms with E-state index in [2.05, 4.69) is 0 Å². The van der Waals surface area contributed by atoms with E-state index in [4.69, 9.17) is 28.1 Å². The first-order chi connectivity index (χ1) is 18.4. The lowest BCUT2D eigenvalue weighted by atomic mass is 9.95. The van der Waals surface area contributed by atoms with Crippen molar-refractivity contribution in [1.82, 2.24) is 0 Å². The Kier molecular flexibility index (Phi) is 7.76. The predicted octanol–water partition coefficient (Wildman–Crippen LogP) is -1.46. The zero-order chi connectivity index (χ0) is 28.2. The zero-order valence-corrected chi connectivity index (χ0v) is 21.6. The van der Waals surface area contributed by atoms with Gasteiger partial charge in [-0.25, -0.2) is 4.79 Å². The van der Waals surface area contributed by atoms with Crippen LogP contribution < -0.4 is 10.4 Å². The van der Waals surface area contributed by atoms with Crippen LogP contribution in [0.2, 0.25) is 0 Å². The Bertz CT molecular complexity index is 1230. The molecule has 13 heteroatoms. The highest BCUT2D eigenvalue weighted by molar-refractivity contribution is 5.79. The summed E-state index contributed by atoms with van der Waals surface area (Å²) in [5.74, 6) is 0.526. The van der Waals surface area contributed by atoms with Crippen molar-refractivity contribution in [2.75, 3.05) is 6.61 Å². The van der Waals surface area contributed by atoms with Crippen LogP contribution in [0.5, 0.6) is 5.75 Å². The molecule has 11 atom stereocenters. The van der Waals surface area contributed by atoms with Gasteiger partial charge in [-0.05, 0) is 38.5 Å². The van der Waals surface area contributed by atoms with Crippen molar-refractivity contribution in [2.24, 2.45) is 0 Å². The number of aliphatic hydroxyl groups is 6. The fourth-order valence-electron chi connectivity index (χ4n) is 5.06. The zero-order valence-electron chi connectivity index (χ0n) is 21.6. The van der Waals surface area contributed by atoms with Crippen LogP contribution in [0.15, 0.2) is 33.5 Å². The lowest BCUT2D eigenvalue weighted by Gasteiger charge is -2.44. The van der Waals surface area contributed by atoms with Crippen molar-refractivity contribution in [3.05, 3.63) is 40.2 Å². The molecule has 13 nitrogen and oxygen atoms in total. The van der Waals surface area contributed by atoms with Gasteiger partial charge in [0.25, 0.3) is 0 Å². The molecule has 2 aromatic rings. The monoisotopic (exact) mass is 554 g/mol. The third-order valence-corrected chi connectivity index (χ3v) is 7.57. The molecule has 1 aromatic heterocycles. The van der Waals surface area contributed by atoms with Gasteiger partial charge in [0.15, 0.2) is 12.6 Å². The first-order valence-electron chi connectivity index (χ1n) is 12.8. The Labute approximate surface area is 223 Å². The van der Waals surface area contributed by atoms with Gasteiger partial charge in [-0.15, -0.1) is 0 Å². The summed E-state index contributed by atoms with van der Waals surface area (Å²) in [7, 11) is 0. The van der Waals surface area contributed by atoms with Crippen LogP contribution in [0.25, 0.3) is 11.0 Å². The molecule has 2 saturated heterocycles. The van der Waals surface area contributed by atoms with Crippen molar-refractivity contribution >= 4 is 11.0 Å². The topological polar surface area (TPSA) is 198 Å². The maximum Gasteiger partial charge on any atom is 0.336 e. The number of hydrogen-bond acceptors (Lipinski definition) is 13. The Morgan fingerprint density at radius 1 is 0.897 bits per heavy atom. The van der Waals surface area contributed by atoms with Crippen molar-refractivity contribution in [3.8, 4) is 5.75 Å². The quantitative estimate of drug-likeness (QED) is 0.227. The Morgan fingerprint density at radius 2 is 1.59 bits per heavy atom.